The van der Waals surface area contributed by atoms with Gasteiger partial charge in [-0.25, -0.2) is 4.39 Å². The second kappa shape index (κ2) is 19.7. The number of nitriles is 1. The molecule has 0 bridgehead atoms. The van der Waals surface area contributed by atoms with Gasteiger partial charge in [0.2, 0.25) is 0 Å². The number of allylic oxidation sites excluding steroid dienone is 4. The van der Waals surface area contributed by atoms with Crippen LogP contribution in [0.2, 0.25) is 10.0 Å². The summed E-state index contributed by atoms with van der Waals surface area (Å²) in [5.41, 5.74) is 6.83. The van der Waals surface area contributed by atoms with Gasteiger partial charge < -0.3 is 24.6 Å². The van der Waals surface area contributed by atoms with Gasteiger partial charge in [0.1, 0.15) is 36.1 Å². The van der Waals surface area contributed by atoms with Gasteiger partial charge in [0.05, 0.1) is 28.8 Å². The Labute approximate surface area is 359 Å². The van der Waals surface area contributed by atoms with Gasteiger partial charge in [0, 0.05) is 35.4 Å². The van der Waals surface area contributed by atoms with Crippen molar-refractivity contribution in [3.05, 3.63) is 111 Å². The van der Waals surface area contributed by atoms with Crippen LogP contribution in [-0.2, 0) is 13.0 Å². The first-order chi connectivity index (χ1) is 28.8. The molecule has 312 valence electrons. The van der Waals surface area contributed by atoms with Crippen LogP contribution in [-0.4, -0.2) is 36.6 Å². The molecule has 5 aliphatic carbocycles. The monoisotopic (exact) mass is 838 g/mol. The van der Waals surface area contributed by atoms with Crippen molar-refractivity contribution in [2.24, 2.45) is 17.8 Å². The smallest absolute Gasteiger partial charge is 0.142 e. The Hall–Kier alpha value is -3.80. The Kier molecular flexibility index (Phi) is 14.0. The van der Waals surface area contributed by atoms with Gasteiger partial charge in [-0.3, -0.25) is 0 Å². The average molecular weight is 840 g/mol. The van der Waals surface area contributed by atoms with Gasteiger partial charge in [-0.15, -0.1) is 0 Å². The van der Waals surface area contributed by atoms with E-state index in [0.717, 1.165) is 111 Å². The molecule has 59 heavy (non-hydrogen) atoms. The molecule has 9 heteroatoms. The number of halogens is 3. The molecule has 8 rings (SSSR count). The molecule has 7 atom stereocenters. The number of rotatable bonds is 16. The maximum atomic E-state index is 13.7. The Morgan fingerprint density at radius 3 is 2.59 bits per heavy atom. The molecule has 3 saturated carbocycles. The van der Waals surface area contributed by atoms with Crippen LogP contribution in [0.4, 0.5) is 4.39 Å². The van der Waals surface area contributed by atoms with E-state index in [0.29, 0.717) is 63.8 Å². The molecule has 6 nitrogen and oxygen atoms in total. The molecule has 0 heterocycles. The highest BCUT2D eigenvalue weighted by Gasteiger charge is 2.34. The summed E-state index contributed by atoms with van der Waals surface area (Å²) < 4.78 is 33.3. The summed E-state index contributed by atoms with van der Waals surface area (Å²) in [5, 5.41) is 24.9. The summed E-state index contributed by atoms with van der Waals surface area (Å²) in [6.45, 7) is 1.39. The third-order valence-electron chi connectivity index (χ3n) is 13.1. The average Bonchev–Trinajstić information content (AvgIpc) is 3.70. The molecule has 3 aromatic rings. The minimum Gasteiger partial charge on any atom is -0.492 e. The van der Waals surface area contributed by atoms with Crippen LogP contribution in [0.15, 0.2) is 84.0 Å². The number of ether oxygens (including phenoxy) is 3. The molecule has 3 aromatic carbocycles. The van der Waals surface area contributed by atoms with Gasteiger partial charge in [-0.1, -0.05) is 104 Å². The number of hydrogen-bond acceptors (Lipinski definition) is 6. The molecule has 0 amide bonds. The summed E-state index contributed by atoms with van der Waals surface area (Å²) in [5.74, 6) is 3.50. The SMILES string of the molecule is N#CC1=C/C2CC2/C=C/C(COc2cc(O[C@H]3CCc4c(-c5cccc(OCCCCCC6CCCC(F)CC6)c5Cl)cccc43)c(Cl)cc2CN[C@H]2CCC[C@@H]2O)=C\1. The van der Waals surface area contributed by atoms with Crippen molar-refractivity contribution in [1.82, 2.24) is 5.32 Å². The van der Waals surface area contributed by atoms with Crippen LogP contribution in [0.1, 0.15) is 113 Å². The van der Waals surface area contributed by atoms with Gasteiger partial charge >= 0.3 is 0 Å². The van der Waals surface area contributed by atoms with E-state index < -0.39 is 6.17 Å². The Bertz CT molecular complexity index is 2090. The lowest BCUT2D eigenvalue weighted by molar-refractivity contribution is 0.148. The zero-order valence-corrected chi connectivity index (χ0v) is 35.5. The molecule has 0 saturated heterocycles. The highest BCUT2D eigenvalue weighted by molar-refractivity contribution is 6.35. The molecular weight excluding hydrogens is 782 g/mol. The predicted octanol–water partition coefficient (Wildman–Crippen LogP) is 12.5. The number of unbranched alkanes of at least 4 members (excludes halogenated alkanes) is 2. The number of hydrogen-bond donors (Lipinski definition) is 2. The zero-order chi connectivity index (χ0) is 40.7. The predicted molar refractivity (Wildman–Crippen MR) is 234 cm³/mol. The molecule has 0 aliphatic heterocycles. The van der Waals surface area contributed by atoms with Crippen LogP contribution in [0, 0.1) is 29.1 Å². The Morgan fingerprint density at radius 2 is 1.73 bits per heavy atom. The third kappa shape index (κ3) is 10.6. The van der Waals surface area contributed by atoms with Crippen molar-refractivity contribution in [3.63, 3.8) is 0 Å². The van der Waals surface area contributed by atoms with E-state index in [1.165, 1.54) is 18.4 Å². The topological polar surface area (TPSA) is 83.7 Å². The highest BCUT2D eigenvalue weighted by atomic mass is 35.5. The highest BCUT2D eigenvalue weighted by Crippen LogP contribution is 2.46. The normalized spacial score (nSPS) is 28.4. The maximum Gasteiger partial charge on any atom is 0.142 e. The fourth-order valence-corrected chi connectivity index (χ4v) is 10.1. The lowest BCUT2D eigenvalue weighted by Gasteiger charge is -2.21. The minimum atomic E-state index is -0.601. The minimum absolute atomic E-state index is 0.0218. The van der Waals surface area contributed by atoms with Crippen molar-refractivity contribution in [2.75, 3.05) is 13.2 Å². The van der Waals surface area contributed by atoms with E-state index in [-0.39, 0.29) is 24.9 Å². The number of nitrogens with one attached hydrogen (secondary N) is 1. The first-order valence-corrected chi connectivity index (χ1v) is 22.8. The van der Waals surface area contributed by atoms with Gasteiger partial charge in [-0.05, 0) is 122 Å². The van der Waals surface area contributed by atoms with Crippen molar-refractivity contribution < 1.29 is 23.7 Å². The summed E-state index contributed by atoms with van der Waals surface area (Å²) in [6.07, 6.45) is 21.6. The van der Waals surface area contributed by atoms with E-state index in [1.807, 2.05) is 30.3 Å². The second-order valence-electron chi connectivity index (χ2n) is 17.3. The zero-order valence-electron chi connectivity index (χ0n) is 34.0. The third-order valence-corrected chi connectivity index (χ3v) is 13.8. The second-order valence-corrected chi connectivity index (χ2v) is 18.1. The number of benzene rings is 3. The summed E-state index contributed by atoms with van der Waals surface area (Å²) in [6, 6.07) is 18.5. The standard InChI is InChI=1S/C50H57Cl2FN2O4/c51-43-27-37(30-55-44-14-7-15-45(44)56)48(58-31-33-17-19-35-26-36(35)25-34(24-33)29-54)28-49(43)59-46-22-21-40-39(11-5-12-41(40)46)42-13-6-16-47(50(42)52)57-23-3-1-2-8-32-9-4-10-38(53)20-18-32/h5-6,11-13,16-17,19,24-25,27-28,32,35-36,38,44-46,55-56H,1-4,7-10,14-15,18,20-23,26,30-31H2/b19-17+,33-24+,34-25+/t32?,35?,36?,38?,44-,45-,46-/m0/s1. The molecular formula is C50H57Cl2FN2O4. The number of aliphatic hydroxyl groups excluding tert-OH is 1. The number of nitrogens with zero attached hydrogens (tertiary/aromatic N) is 1. The van der Waals surface area contributed by atoms with Crippen molar-refractivity contribution in [1.29, 1.82) is 5.26 Å². The quantitative estimate of drug-likeness (QED) is 0.110. The number of aliphatic hydroxyl groups is 1. The Morgan fingerprint density at radius 1 is 0.864 bits per heavy atom. The van der Waals surface area contributed by atoms with Crippen molar-refractivity contribution >= 4 is 23.2 Å². The molecule has 5 aliphatic rings. The first kappa shape index (κ1) is 41.9. The van der Waals surface area contributed by atoms with E-state index >= 15 is 0 Å². The van der Waals surface area contributed by atoms with E-state index in [2.05, 4.69) is 53.9 Å². The Balaban J connectivity index is 0.942. The van der Waals surface area contributed by atoms with Gasteiger partial charge in [0.25, 0.3) is 0 Å². The fourth-order valence-electron chi connectivity index (χ4n) is 9.59. The molecule has 0 radical (unpaired) electrons. The van der Waals surface area contributed by atoms with E-state index in [1.54, 1.807) is 0 Å². The van der Waals surface area contributed by atoms with Crippen molar-refractivity contribution in [3.8, 4) is 34.4 Å². The molecule has 3 fully saturated rings. The van der Waals surface area contributed by atoms with Crippen LogP contribution >= 0.6 is 23.2 Å². The fraction of sp³-hybridized carbons (Fsp3) is 0.500. The van der Waals surface area contributed by atoms with Gasteiger partial charge in [-0.2, -0.15) is 5.26 Å². The lowest BCUT2D eigenvalue weighted by Crippen LogP contribution is -2.35. The van der Waals surface area contributed by atoms with Crippen LogP contribution in [0.5, 0.6) is 17.2 Å². The van der Waals surface area contributed by atoms with Crippen molar-refractivity contribution in [2.45, 2.75) is 127 Å². The molecule has 2 N–H and O–H groups in total. The molecule has 0 spiro atoms. The first-order valence-electron chi connectivity index (χ1n) is 22.0. The van der Waals surface area contributed by atoms with Gasteiger partial charge in [0.15, 0.2) is 0 Å². The maximum absolute atomic E-state index is 13.7. The lowest BCUT2D eigenvalue weighted by atomic mass is 9.94. The summed E-state index contributed by atoms with van der Waals surface area (Å²) in [7, 11) is 0. The van der Waals surface area contributed by atoms with Crippen LogP contribution in [0.25, 0.3) is 11.1 Å². The number of fused-ring (bicyclic) bond motifs is 2. The molecule has 0 aromatic heterocycles. The van der Waals surface area contributed by atoms with E-state index in [4.69, 9.17) is 37.4 Å². The summed E-state index contributed by atoms with van der Waals surface area (Å²) in [4.78, 5) is 0. The largest absolute Gasteiger partial charge is 0.492 e. The van der Waals surface area contributed by atoms with E-state index in [9.17, 15) is 14.8 Å². The summed E-state index contributed by atoms with van der Waals surface area (Å²) >= 11 is 14.1. The molecule has 4 unspecified atom stereocenters. The van der Waals surface area contributed by atoms with Crippen LogP contribution < -0.4 is 19.5 Å². The van der Waals surface area contributed by atoms with Crippen LogP contribution in [0.3, 0.4) is 0 Å². The number of alkyl halides is 1.